The first kappa shape index (κ1) is 14.5. The number of amides is 1. The van der Waals surface area contributed by atoms with Crippen molar-refractivity contribution < 1.29 is 4.79 Å². The van der Waals surface area contributed by atoms with Crippen LogP contribution in [0, 0.1) is 17.3 Å². The van der Waals surface area contributed by atoms with Crippen molar-refractivity contribution in [2.75, 3.05) is 19.6 Å². The molecule has 0 saturated heterocycles. The Balaban J connectivity index is 2.05. The molecule has 0 aliphatic heterocycles. The highest BCUT2D eigenvalue weighted by Crippen LogP contribution is 2.51. The second-order valence-corrected chi connectivity index (χ2v) is 6.15. The molecule has 0 radical (unpaired) electrons. The van der Waals surface area contributed by atoms with Gasteiger partial charge in [-0.1, -0.05) is 27.7 Å². The van der Waals surface area contributed by atoms with E-state index in [1.165, 1.54) is 12.8 Å². The Labute approximate surface area is 106 Å². The largest absolute Gasteiger partial charge is 0.355 e. The van der Waals surface area contributed by atoms with Crippen LogP contribution in [0.5, 0.6) is 0 Å². The monoisotopic (exact) mass is 240 g/mol. The van der Waals surface area contributed by atoms with Gasteiger partial charge in [0.05, 0.1) is 6.54 Å². The van der Waals surface area contributed by atoms with E-state index in [-0.39, 0.29) is 5.91 Å². The maximum Gasteiger partial charge on any atom is 0.233 e. The highest BCUT2D eigenvalue weighted by Gasteiger charge is 2.44. The van der Waals surface area contributed by atoms with Crippen molar-refractivity contribution in [1.82, 2.24) is 10.6 Å². The highest BCUT2D eigenvalue weighted by molar-refractivity contribution is 5.77. The number of rotatable bonds is 8. The van der Waals surface area contributed by atoms with Crippen LogP contribution in [0.4, 0.5) is 0 Å². The molecule has 1 rings (SSSR count). The molecule has 2 N–H and O–H groups in total. The SMILES string of the molecule is CC(C)CCNC(=O)CNCC1(C(C)C)CC1. The van der Waals surface area contributed by atoms with Gasteiger partial charge in [0.1, 0.15) is 0 Å². The number of hydrogen-bond acceptors (Lipinski definition) is 2. The first-order valence-corrected chi connectivity index (χ1v) is 6.94. The van der Waals surface area contributed by atoms with Crippen molar-refractivity contribution in [2.45, 2.75) is 47.0 Å². The van der Waals surface area contributed by atoms with E-state index in [1.807, 2.05) is 0 Å². The Kier molecular flexibility index (Phi) is 5.44. The van der Waals surface area contributed by atoms with Crippen molar-refractivity contribution in [1.29, 1.82) is 0 Å². The fourth-order valence-corrected chi connectivity index (χ4v) is 2.11. The summed E-state index contributed by atoms with van der Waals surface area (Å²) in [6.45, 7) is 11.1. The zero-order chi connectivity index (χ0) is 12.9. The van der Waals surface area contributed by atoms with Crippen LogP contribution in [0.25, 0.3) is 0 Å². The molecule has 1 aliphatic rings. The van der Waals surface area contributed by atoms with Crippen molar-refractivity contribution >= 4 is 5.91 Å². The van der Waals surface area contributed by atoms with Gasteiger partial charge in [-0.05, 0) is 36.5 Å². The van der Waals surface area contributed by atoms with Crippen molar-refractivity contribution in [3.63, 3.8) is 0 Å². The predicted octanol–water partition coefficient (Wildman–Crippen LogP) is 2.17. The first-order valence-electron chi connectivity index (χ1n) is 6.94. The Morgan fingerprint density at radius 2 is 1.88 bits per heavy atom. The van der Waals surface area contributed by atoms with E-state index < -0.39 is 0 Å². The summed E-state index contributed by atoms with van der Waals surface area (Å²) in [7, 11) is 0. The number of carbonyl (C=O) groups excluding carboxylic acids is 1. The molecule has 17 heavy (non-hydrogen) atoms. The molecular weight excluding hydrogens is 212 g/mol. The molecule has 0 atom stereocenters. The molecule has 100 valence electrons. The summed E-state index contributed by atoms with van der Waals surface area (Å²) >= 11 is 0. The molecule has 3 nitrogen and oxygen atoms in total. The van der Waals surface area contributed by atoms with Crippen LogP contribution in [-0.2, 0) is 4.79 Å². The van der Waals surface area contributed by atoms with Crippen LogP contribution < -0.4 is 10.6 Å². The minimum Gasteiger partial charge on any atom is -0.355 e. The number of nitrogens with one attached hydrogen (secondary N) is 2. The second kappa shape index (κ2) is 6.39. The third kappa shape index (κ3) is 5.07. The highest BCUT2D eigenvalue weighted by atomic mass is 16.1. The second-order valence-electron chi connectivity index (χ2n) is 6.15. The molecule has 1 amide bonds. The van der Waals surface area contributed by atoms with Crippen molar-refractivity contribution in [3.8, 4) is 0 Å². The molecular formula is C14H28N2O. The van der Waals surface area contributed by atoms with Gasteiger partial charge in [0.25, 0.3) is 0 Å². The quantitative estimate of drug-likeness (QED) is 0.683. The van der Waals surface area contributed by atoms with Gasteiger partial charge >= 0.3 is 0 Å². The van der Waals surface area contributed by atoms with Crippen LogP contribution in [-0.4, -0.2) is 25.5 Å². The lowest BCUT2D eigenvalue weighted by atomic mass is 9.92. The topological polar surface area (TPSA) is 41.1 Å². The minimum atomic E-state index is 0.130. The average Bonchev–Trinajstić information content (AvgIpc) is 2.98. The van der Waals surface area contributed by atoms with Crippen molar-refractivity contribution in [3.05, 3.63) is 0 Å². The molecule has 0 aromatic heterocycles. The fraction of sp³-hybridized carbons (Fsp3) is 0.929. The summed E-state index contributed by atoms with van der Waals surface area (Å²) in [5.41, 5.74) is 0.484. The van der Waals surface area contributed by atoms with Crippen LogP contribution >= 0.6 is 0 Å². The van der Waals surface area contributed by atoms with Crippen molar-refractivity contribution in [2.24, 2.45) is 17.3 Å². The Morgan fingerprint density at radius 3 is 2.35 bits per heavy atom. The molecule has 1 saturated carbocycles. The van der Waals surface area contributed by atoms with Crippen LogP contribution in [0.1, 0.15) is 47.0 Å². The third-order valence-electron chi connectivity index (χ3n) is 3.92. The molecule has 0 bridgehead atoms. The minimum absolute atomic E-state index is 0.130. The van der Waals surface area contributed by atoms with E-state index in [4.69, 9.17) is 0 Å². The summed E-state index contributed by atoms with van der Waals surface area (Å²) in [6, 6.07) is 0. The molecule has 0 aromatic carbocycles. The summed E-state index contributed by atoms with van der Waals surface area (Å²) in [6.07, 6.45) is 3.68. The maximum atomic E-state index is 11.5. The van der Waals surface area contributed by atoms with E-state index in [9.17, 15) is 4.79 Å². The van der Waals surface area contributed by atoms with Gasteiger partial charge in [0.2, 0.25) is 5.91 Å². The Hall–Kier alpha value is -0.570. The normalized spacial score (nSPS) is 17.5. The molecule has 1 aliphatic carbocycles. The van der Waals surface area contributed by atoms with E-state index >= 15 is 0 Å². The zero-order valence-electron chi connectivity index (χ0n) is 11.8. The predicted molar refractivity (Wildman–Crippen MR) is 71.8 cm³/mol. The molecule has 0 aromatic rings. The fourth-order valence-electron chi connectivity index (χ4n) is 2.11. The third-order valence-corrected chi connectivity index (χ3v) is 3.92. The van der Waals surface area contributed by atoms with Gasteiger partial charge in [-0.2, -0.15) is 0 Å². The Bertz CT molecular complexity index is 245. The number of hydrogen-bond donors (Lipinski definition) is 2. The van der Waals surface area contributed by atoms with Crippen LogP contribution in [0.15, 0.2) is 0 Å². The maximum absolute atomic E-state index is 11.5. The average molecular weight is 240 g/mol. The molecule has 0 heterocycles. The molecule has 0 unspecified atom stereocenters. The smallest absolute Gasteiger partial charge is 0.233 e. The number of carbonyl (C=O) groups is 1. The summed E-state index contributed by atoms with van der Waals surface area (Å²) in [4.78, 5) is 11.5. The standard InChI is InChI=1S/C14H28N2O/c1-11(2)5-8-16-13(17)9-15-10-14(6-7-14)12(3)4/h11-12,15H,5-10H2,1-4H3,(H,16,17). The molecule has 3 heteroatoms. The lowest BCUT2D eigenvalue weighted by molar-refractivity contribution is -0.120. The van der Waals surface area contributed by atoms with Gasteiger partial charge in [-0.15, -0.1) is 0 Å². The van der Waals surface area contributed by atoms with Crippen LogP contribution in [0.2, 0.25) is 0 Å². The molecule has 1 fully saturated rings. The zero-order valence-corrected chi connectivity index (χ0v) is 11.8. The van der Waals surface area contributed by atoms with Gasteiger partial charge in [-0.3, -0.25) is 4.79 Å². The Morgan fingerprint density at radius 1 is 1.24 bits per heavy atom. The lowest BCUT2D eigenvalue weighted by Gasteiger charge is -2.19. The van der Waals surface area contributed by atoms with Gasteiger partial charge in [0, 0.05) is 13.1 Å². The van der Waals surface area contributed by atoms with E-state index in [2.05, 4.69) is 38.3 Å². The molecule has 0 spiro atoms. The summed E-state index contributed by atoms with van der Waals surface area (Å²) in [5, 5.41) is 6.24. The lowest BCUT2D eigenvalue weighted by Crippen LogP contribution is -2.38. The first-order chi connectivity index (χ1) is 7.96. The van der Waals surface area contributed by atoms with E-state index in [0.29, 0.717) is 17.9 Å². The van der Waals surface area contributed by atoms with Gasteiger partial charge in [0.15, 0.2) is 0 Å². The van der Waals surface area contributed by atoms with E-state index in [0.717, 1.165) is 25.4 Å². The van der Waals surface area contributed by atoms with E-state index in [1.54, 1.807) is 0 Å². The van der Waals surface area contributed by atoms with Crippen LogP contribution in [0.3, 0.4) is 0 Å². The van der Waals surface area contributed by atoms with Gasteiger partial charge < -0.3 is 10.6 Å². The summed E-state index contributed by atoms with van der Waals surface area (Å²) < 4.78 is 0. The summed E-state index contributed by atoms with van der Waals surface area (Å²) in [5.74, 6) is 1.50. The van der Waals surface area contributed by atoms with Gasteiger partial charge in [-0.25, -0.2) is 0 Å².